The molecule has 1 saturated heterocycles. The molecule has 2 fully saturated rings. The molecular weight excluding hydrogens is 230 g/mol. The normalized spacial score (nSPS) is 28.9. The fraction of sp³-hybridized carbons (Fsp3) is 0.846. The predicted octanol–water partition coefficient (Wildman–Crippen LogP) is 0.242. The van der Waals surface area contributed by atoms with Crippen LogP contribution in [-0.2, 0) is 9.59 Å². The highest BCUT2D eigenvalue weighted by atomic mass is 16.2. The molecular formula is C13H23N3O2. The first-order valence-corrected chi connectivity index (χ1v) is 6.95. The van der Waals surface area contributed by atoms with Gasteiger partial charge in [-0.2, -0.15) is 0 Å². The van der Waals surface area contributed by atoms with Gasteiger partial charge in [-0.15, -0.1) is 0 Å². The van der Waals surface area contributed by atoms with Crippen molar-refractivity contribution in [3.05, 3.63) is 0 Å². The Hall–Kier alpha value is -1.10. The molecule has 102 valence electrons. The van der Waals surface area contributed by atoms with Crippen LogP contribution in [0.5, 0.6) is 0 Å². The van der Waals surface area contributed by atoms with E-state index in [9.17, 15) is 9.59 Å². The highest BCUT2D eigenvalue weighted by Gasteiger charge is 2.23. The topological polar surface area (TPSA) is 75.4 Å². The maximum atomic E-state index is 12.0. The van der Waals surface area contributed by atoms with Gasteiger partial charge in [-0.1, -0.05) is 12.8 Å². The monoisotopic (exact) mass is 253 g/mol. The number of nitrogens with one attached hydrogen (secondary N) is 1. The van der Waals surface area contributed by atoms with E-state index in [4.69, 9.17) is 5.73 Å². The third-order valence-electron chi connectivity index (χ3n) is 3.98. The van der Waals surface area contributed by atoms with Crippen molar-refractivity contribution in [2.24, 2.45) is 11.7 Å². The number of nitrogens with zero attached hydrogens (tertiary/aromatic N) is 1. The summed E-state index contributed by atoms with van der Waals surface area (Å²) in [5.41, 5.74) is 5.94. The summed E-state index contributed by atoms with van der Waals surface area (Å²) in [4.78, 5) is 24.9. The molecule has 0 radical (unpaired) electrons. The van der Waals surface area contributed by atoms with Gasteiger partial charge in [0.05, 0.1) is 6.54 Å². The second kappa shape index (κ2) is 6.18. The van der Waals surface area contributed by atoms with Crippen LogP contribution in [-0.4, -0.2) is 42.4 Å². The van der Waals surface area contributed by atoms with Crippen molar-refractivity contribution < 1.29 is 9.59 Å². The summed E-state index contributed by atoms with van der Waals surface area (Å²) in [6.45, 7) is 1.46. The third-order valence-corrected chi connectivity index (χ3v) is 3.98. The number of amides is 2. The van der Waals surface area contributed by atoms with Crippen molar-refractivity contribution in [2.75, 3.05) is 19.6 Å². The van der Waals surface area contributed by atoms with Crippen LogP contribution in [0.3, 0.4) is 0 Å². The first-order chi connectivity index (χ1) is 8.65. The quantitative estimate of drug-likeness (QED) is 0.756. The minimum atomic E-state index is -0.0470. The Kier molecular flexibility index (Phi) is 4.58. The van der Waals surface area contributed by atoms with Crippen LogP contribution in [0.25, 0.3) is 0 Å². The number of piperazine rings is 1. The van der Waals surface area contributed by atoms with Gasteiger partial charge < -0.3 is 16.0 Å². The van der Waals surface area contributed by atoms with Gasteiger partial charge in [0.2, 0.25) is 11.8 Å². The maximum Gasteiger partial charge on any atom is 0.239 e. The van der Waals surface area contributed by atoms with Crippen molar-refractivity contribution in [1.82, 2.24) is 10.2 Å². The Morgan fingerprint density at radius 2 is 2.28 bits per heavy atom. The Labute approximate surface area is 108 Å². The van der Waals surface area contributed by atoms with Crippen LogP contribution < -0.4 is 11.1 Å². The number of nitrogens with two attached hydrogens (primary N) is 1. The van der Waals surface area contributed by atoms with Crippen molar-refractivity contribution in [3.8, 4) is 0 Å². The molecule has 5 heteroatoms. The van der Waals surface area contributed by atoms with Crippen LogP contribution >= 0.6 is 0 Å². The summed E-state index contributed by atoms with van der Waals surface area (Å²) in [6.07, 6.45) is 6.04. The van der Waals surface area contributed by atoms with Crippen molar-refractivity contribution in [3.63, 3.8) is 0 Å². The second-order valence-electron chi connectivity index (χ2n) is 5.50. The number of rotatable bonds is 3. The molecule has 3 N–H and O–H groups in total. The molecule has 0 aromatic carbocycles. The minimum Gasteiger partial charge on any atom is -0.353 e. The summed E-state index contributed by atoms with van der Waals surface area (Å²) in [6, 6.07) is 0.319. The molecule has 2 amide bonds. The van der Waals surface area contributed by atoms with Gasteiger partial charge in [-0.25, -0.2) is 0 Å². The Morgan fingerprint density at radius 1 is 1.44 bits per heavy atom. The lowest BCUT2D eigenvalue weighted by Crippen LogP contribution is -2.50. The van der Waals surface area contributed by atoms with E-state index < -0.39 is 0 Å². The zero-order valence-corrected chi connectivity index (χ0v) is 10.9. The molecule has 2 atom stereocenters. The van der Waals surface area contributed by atoms with Gasteiger partial charge >= 0.3 is 0 Å². The predicted molar refractivity (Wildman–Crippen MR) is 68.8 cm³/mol. The van der Waals surface area contributed by atoms with Crippen molar-refractivity contribution >= 4 is 11.8 Å². The van der Waals surface area contributed by atoms with Gasteiger partial charge in [0.25, 0.3) is 0 Å². The summed E-state index contributed by atoms with van der Waals surface area (Å²) < 4.78 is 0. The molecule has 1 heterocycles. The van der Waals surface area contributed by atoms with Crippen LogP contribution in [0.4, 0.5) is 0 Å². The lowest BCUT2D eigenvalue weighted by Gasteiger charge is -2.29. The SMILES string of the molecule is NC1CCCC(CCC(=O)N2CCNC(=O)C2)C1. The Bertz CT molecular complexity index is 319. The van der Waals surface area contributed by atoms with Crippen molar-refractivity contribution in [1.29, 1.82) is 0 Å². The molecule has 5 nitrogen and oxygen atoms in total. The van der Waals surface area contributed by atoms with E-state index in [2.05, 4.69) is 5.32 Å². The Balaban J connectivity index is 1.72. The van der Waals surface area contributed by atoms with Crippen LogP contribution in [0.2, 0.25) is 0 Å². The molecule has 0 spiro atoms. The lowest BCUT2D eigenvalue weighted by atomic mass is 9.83. The molecule has 1 saturated carbocycles. The molecule has 0 aromatic heterocycles. The van der Waals surface area contributed by atoms with Crippen LogP contribution in [0.15, 0.2) is 0 Å². The molecule has 0 bridgehead atoms. The van der Waals surface area contributed by atoms with Crippen LogP contribution in [0, 0.1) is 5.92 Å². The van der Waals surface area contributed by atoms with Crippen LogP contribution in [0.1, 0.15) is 38.5 Å². The first-order valence-electron chi connectivity index (χ1n) is 6.95. The zero-order chi connectivity index (χ0) is 13.0. The molecule has 18 heavy (non-hydrogen) atoms. The summed E-state index contributed by atoms with van der Waals surface area (Å²) >= 11 is 0. The summed E-state index contributed by atoms with van der Waals surface area (Å²) in [7, 11) is 0. The van der Waals surface area contributed by atoms with Gasteiger partial charge in [0, 0.05) is 25.6 Å². The van der Waals surface area contributed by atoms with E-state index in [-0.39, 0.29) is 18.4 Å². The van der Waals surface area contributed by atoms with E-state index in [1.165, 1.54) is 12.8 Å². The van der Waals surface area contributed by atoms with Gasteiger partial charge in [0.1, 0.15) is 0 Å². The van der Waals surface area contributed by atoms with E-state index in [0.29, 0.717) is 31.5 Å². The van der Waals surface area contributed by atoms with Gasteiger partial charge in [-0.3, -0.25) is 9.59 Å². The second-order valence-corrected chi connectivity index (χ2v) is 5.50. The average molecular weight is 253 g/mol. The number of carbonyl (C=O) groups excluding carboxylic acids is 2. The zero-order valence-electron chi connectivity index (χ0n) is 10.9. The highest BCUT2D eigenvalue weighted by molar-refractivity contribution is 5.85. The summed E-state index contributed by atoms with van der Waals surface area (Å²) in [5, 5.41) is 2.73. The summed E-state index contributed by atoms with van der Waals surface area (Å²) in [5.74, 6) is 0.662. The molecule has 2 aliphatic rings. The highest BCUT2D eigenvalue weighted by Crippen LogP contribution is 2.27. The largest absolute Gasteiger partial charge is 0.353 e. The van der Waals surface area contributed by atoms with E-state index >= 15 is 0 Å². The standard InChI is InChI=1S/C13H23N3O2/c14-11-3-1-2-10(8-11)4-5-13(18)16-7-6-15-12(17)9-16/h10-11H,1-9,14H2,(H,15,17). The Morgan fingerprint density at radius 3 is 3.00 bits per heavy atom. The van der Waals surface area contributed by atoms with E-state index in [1.54, 1.807) is 4.90 Å². The minimum absolute atomic E-state index is 0.0470. The lowest BCUT2D eigenvalue weighted by molar-refractivity contribution is -0.138. The van der Waals surface area contributed by atoms with E-state index in [1.807, 2.05) is 0 Å². The fourth-order valence-electron chi connectivity index (χ4n) is 2.93. The molecule has 1 aliphatic heterocycles. The first kappa shape index (κ1) is 13.3. The number of hydrogen-bond acceptors (Lipinski definition) is 3. The van der Waals surface area contributed by atoms with Gasteiger partial charge in [0.15, 0.2) is 0 Å². The number of hydrogen-bond donors (Lipinski definition) is 2. The average Bonchev–Trinajstić information content (AvgIpc) is 2.36. The van der Waals surface area contributed by atoms with Gasteiger partial charge in [-0.05, 0) is 25.2 Å². The fourth-order valence-corrected chi connectivity index (χ4v) is 2.93. The maximum absolute atomic E-state index is 12.0. The molecule has 2 unspecified atom stereocenters. The smallest absolute Gasteiger partial charge is 0.239 e. The molecule has 1 aliphatic carbocycles. The third kappa shape index (κ3) is 3.70. The molecule has 2 rings (SSSR count). The molecule has 0 aromatic rings. The van der Waals surface area contributed by atoms with E-state index in [0.717, 1.165) is 19.3 Å². The van der Waals surface area contributed by atoms with Crippen molar-refractivity contribution in [2.45, 2.75) is 44.6 Å². The number of carbonyl (C=O) groups is 2.